The number of hydrogen-bond acceptors (Lipinski definition) is 4. The first kappa shape index (κ1) is 19.8. The Morgan fingerprint density at radius 2 is 1.96 bits per heavy atom. The molecular formula is C15H17ClF3N3O2S. The number of pyridine rings is 1. The standard InChI is InChI=1S/C15H17ClF3N3O2S/c16-11-6-9(15(17,18)19)7-20-13(11)25-8-12(23)22-14(24)21-10-4-2-1-3-5-10/h6-7,10H,1-5,8H2,(H2,21,22,23,24). The van der Waals surface area contributed by atoms with Gasteiger partial charge in [-0.2, -0.15) is 13.2 Å². The molecule has 3 amide bonds. The molecule has 5 nitrogen and oxygen atoms in total. The monoisotopic (exact) mass is 395 g/mol. The second-order valence-electron chi connectivity index (χ2n) is 5.65. The van der Waals surface area contributed by atoms with Crippen molar-refractivity contribution in [2.75, 3.05) is 5.75 Å². The van der Waals surface area contributed by atoms with Crippen molar-refractivity contribution in [1.29, 1.82) is 0 Å². The Hall–Kier alpha value is -1.48. The second kappa shape index (κ2) is 8.75. The van der Waals surface area contributed by atoms with Crippen LogP contribution < -0.4 is 10.6 Å². The first-order valence-corrected chi connectivity index (χ1v) is 9.08. The van der Waals surface area contributed by atoms with Gasteiger partial charge in [-0.15, -0.1) is 0 Å². The van der Waals surface area contributed by atoms with Gasteiger partial charge in [0.2, 0.25) is 5.91 Å². The van der Waals surface area contributed by atoms with E-state index in [4.69, 9.17) is 11.6 Å². The molecule has 2 N–H and O–H groups in total. The molecule has 2 rings (SSSR count). The van der Waals surface area contributed by atoms with Gasteiger partial charge in [0.1, 0.15) is 5.03 Å². The summed E-state index contributed by atoms with van der Waals surface area (Å²) in [5.41, 5.74) is -0.960. The third kappa shape index (κ3) is 6.39. The highest BCUT2D eigenvalue weighted by Crippen LogP contribution is 2.33. The predicted molar refractivity (Wildman–Crippen MR) is 88.5 cm³/mol. The van der Waals surface area contributed by atoms with Crippen molar-refractivity contribution in [3.8, 4) is 0 Å². The molecule has 1 aliphatic rings. The van der Waals surface area contributed by atoms with Crippen LogP contribution in [0.15, 0.2) is 17.3 Å². The maximum Gasteiger partial charge on any atom is 0.417 e. The van der Waals surface area contributed by atoms with Crippen LogP contribution in [0.3, 0.4) is 0 Å². The highest BCUT2D eigenvalue weighted by atomic mass is 35.5. The Labute approximate surface area is 152 Å². The summed E-state index contributed by atoms with van der Waals surface area (Å²) in [6.07, 6.45) is 1.15. The lowest BCUT2D eigenvalue weighted by atomic mass is 9.96. The number of halogens is 4. The zero-order valence-electron chi connectivity index (χ0n) is 13.2. The van der Waals surface area contributed by atoms with E-state index >= 15 is 0 Å². The van der Waals surface area contributed by atoms with Gasteiger partial charge in [0.05, 0.1) is 16.3 Å². The van der Waals surface area contributed by atoms with E-state index in [9.17, 15) is 22.8 Å². The average molecular weight is 396 g/mol. The molecule has 0 bridgehead atoms. The van der Waals surface area contributed by atoms with Gasteiger partial charge in [0.25, 0.3) is 0 Å². The van der Waals surface area contributed by atoms with Crippen LogP contribution in [0.25, 0.3) is 0 Å². The van der Waals surface area contributed by atoms with Crippen LogP contribution >= 0.6 is 23.4 Å². The SMILES string of the molecule is O=C(CSc1ncc(C(F)(F)F)cc1Cl)NC(=O)NC1CCCCC1. The minimum atomic E-state index is -4.53. The van der Waals surface area contributed by atoms with E-state index in [0.29, 0.717) is 6.20 Å². The fraction of sp³-hybridized carbons (Fsp3) is 0.533. The summed E-state index contributed by atoms with van der Waals surface area (Å²) in [5.74, 6) is -0.757. The Morgan fingerprint density at radius 1 is 1.28 bits per heavy atom. The number of nitrogens with one attached hydrogen (secondary N) is 2. The molecule has 1 fully saturated rings. The van der Waals surface area contributed by atoms with Gasteiger partial charge in [-0.3, -0.25) is 10.1 Å². The molecular weight excluding hydrogens is 379 g/mol. The lowest BCUT2D eigenvalue weighted by Crippen LogP contribution is -2.45. The van der Waals surface area contributed by atoms with E-state index in [-0.39, 0.29) is 21.8 Å². The number of carbonyl (C=O) groups is 2. The minimum Gasteiger partial charge on any atom is -0.335 e. The lowest BCUT2D eigenvalue weighted by molar-refractivity contribution is -0.137. The van der Waals surface area contributed by atoms with Crippen molar-refractivity contribution in [2.45, 2.75) is 49.3 Å². The normalized spacial score (nSPS) is 15.7. The van der Waals surface area contributed by atoms with Gasteiger partial charge in [-0.05, 0) is 18.9 Å². The quantitative estimate of drug-likeness (QED) is 0.756. The van der Waals surface area contributed by atoms with E-state index < -0.39 is 23.7 Å². The molecule has 0 saturated heterocycles. The largest absolute Gasteiger partial charge is 0.417 e. The molecule has 1 aromatic rings. The van der Waals surface area contributed by atoms with Gasteiger partial charge in [-0.1, -0.05) is 42.6 Å². The average Bonchev–Trinajstić information content (AvgIpc) is 2.53. The summed E-state index contributed by atoms with van der Waals surface area (Å²) in [6.45, 7) is 0. The molecule has 138 valence electrons. The number of urea groups is 1. The lowest BCUT2D eigenvalue weighted by Gasteiger charge is -2.22. The summed E-state index contributed by atoms with van der Waals surface area (Å²) in [5, 5.41) is 4.83. The fourth-order valence-corrected chi connectivity index (χ4v) is 3.45. The van der Waals surface area contributed by atoms with Crippen molar-refractivity contribution in [3.05, 3.63) is 22.8 Å². The predicted octanol–water partition coefficient (Wildman–Crippen LogP) is 4.00. The molecule has 10 heteroatoms. The molecule has 0 atom stereocenters. The van der Waals surface area contributed by atoms with E-state index in [1.165, 1.54) is 0 Å². The Kier molecular flexibility index (Phi) is 6.95. The number of amides is 3. The van der Waals surface area contributed by atoms with Crippen molar-refractivity contribution >= 4 is 35.3 Å². The van der Waals surface area contributed by atoms with Crippen LogP contribution in [0.1, 0.15) is 37.7 Å². The number of nitrogens with zero attached hydrogens (tertiary/aromatic N) is 1. The summed E-state index contributed by atoms with van der Waals surface area (Å²) in [7, 11) is 0. The van der Waals surface area contributed by atoms with E-state index in [0.717, 1.165) is 49.9 Å². The fourth-order valence-electron chi connectivity index (χ4n) is 2.45. The minimum absolute atomic E-state index is 0.0697. The smallest absolute Gasteiger partial charge is 0.335 e. The number of thioether (sulfide) groups is 1. The summed E-state index contributed by atoms with van der Waals surface area (Å²) < 4.78 is 37.6. The number of carbonyl (C=O) groups excluding carboxylic acids is 2. The van der Waals surface area contributed by atoms with Crippen LogP contribution in [-0.4, -0.2) is 28.7 Å². The highest BCUT2D eigenvalue weighted by Gasteiger charge is 2.31. The molecule has 25 heavy (non-hydrogen) atoms. The van der Waals surface area contributed by atoms with Crippen molar-refractivity contribution in [2.24, 2.45) is 0 Å². The highest BCUT2D eigenvalue weighted by molar-refractivity contribution is 8.00. The molecule has 1 heterocycles. The maximum atomic E-state index is 12.5. The number of imide groups is 1. The number of alkyl halides is 3. The maximum absolute atomic E-state index is 12.5. The zero-order chi connectivity index (χ0) is 18.4. The van der Waals surface area contributed by atoms with Crippen molar-refractivity contribution in [1.82, 2.24) is 15.6 Å². The zero-order valence-corrected chi connectivity index (χ0v) is 14.7. The molecule has 0 radical (unpaired) electrons. The Bertz CT molecular complexity index is 637. The molecule has 1 aliphatic carbocycles. The topological polar surface area (TPSA) is 71.1 Å². The molecule has 1 aromatic heterocycles. The molecule has 0 spiro atoms. The third-order valence-corrected chi connectivity index (χ3v) is 5.07. The third-order valence-electron chi connectivity index (χ3n) is 3.67. The number of aromatic nitrogens is 1. The van der Waals surface area contributed by atoms with Crippen LogP contribution in [0.2, 0.25) is 5.02 Å². The summed E-state index contributed by atoms with van der Waals surface area (Å²) in [6, 6.07) is 0.258. The summed E-state index contributed by atoms with van der Waals surface area (Å²) >= 11 is 6.62. The second-order valence-corrected chi connectivity index (χ2v) is 7.03. The van der Waals surface area contributed by atoms with Crippen LogP contribution in [-0.2, 0) is 11.0 Å². The first-order chi connectivity index (χ1) is 11.8. The van der Waals surface area contributed by atoms with Gasteiger partial charge in [0, 0.05) is 12.2 Å². The van der Waals surface area contributed by atoms with Crippen LogP contribution in [0.4, 0.5) is 18.0 Å². The van der Waals surface area contributed by atoms with Gasteiger partial charge in [-0.25, -0.2) is 9.78 Å². The molecule has 1 saturated carbocycles. The molecule has 0 unspecified atom stereocenters. The van der Waals surface area contributed by atoms with E-state index in [1.807, 2.05) is 0 Å². The van der Waals surface area contributed by atoms with Gasteiger partial charge >= 0.3 is 12.2 Å². The Morgan fingerprint density at radius 3 is 2.56 bits per heavy atom. The Balaban J connectivity index is 1.80. The van der Waals surface area contributed by atoms with Crippen LogP contribution in [0.5, 0.6) is 0 Å². The van der Waals surface area contributed by atoms with E-state index in [2.05, 4.69) is 15.6 Å². The van der Waals surface area contributed by atoms with Gasteiger partial charge in [0.15, 0.2) is 0 Å². The van der Waals surface area contributed by atoms with E-state index in [1.54, 1.807) is 0 Å². The van der Waals surface area contributed by atoms with Gasteiger partial charge < -0.3 is 5.32 Å². The number of rotatable bonds is 4. The van der Waals surface area contributed by atoms with Crippen LogP contribution in [0, 0.1) is 0 Å². The van der Waals surface area contributed by atoms with Crippen molar-refractivity contribution in [3.63, 3.8) is 0 Å². The summed E-state index contributed by atoms with van der Waals surface area (Å²) in [4.78, 5) is 27.1. The number of hydrogen-bond donors (Lipinski definition) is 2. The molecule has 0 aromatic carbocycles. The van der Waals surface area contributed by atoms with Crippen molar-refractivity contribution < 1.29 is 22.8 Å². The first-order valence-electron chi connectivity index (χ1n) is 7.71. The molecule has 0 aliphatic heterocycles.